The van der Waals surface area contributed by atoms with Crippen LogP contribution >= 0.6 is 0 Å². The van der Waals surface area contributed by atoms with E-state index in [4.69, 9.17) is 10.5 Å². The predicted octanol–water partition coefficient (Wildman–Crippen LogP) is 1.17. The Morgan fingerprint density at radius 2 is 2.47 bits per heavy atom. The summed E-state index contributed by atoms with van der Waals surface area (Å²) >= 11 is 0. The number of nitrogens with one attached hydrogen (secondary N) is 1. The monoisotopic (exact) mass is 206 g/mol. The molecule has 15 heavy (non-hydrogen) atoms. The summed E-state index contributed by atoms with van der Waals surface area (Å²) in [5.74, 6) is -0.202. The molecule has 4 heteroatoms. The Morgan fingerprint density at radius 1 is 1.67 bits per heavy atom. The first kappa shape index (κ1) is 9.83. The molecule has 0 bridgehead atoms. The largest absolute Gasteiger partial charge is 0.464 e. The molecule has 3 N–H and O–H groups in total. The molecule has 0 fully saturated rings. The molecule has 80 valence electrons. The third kappa shape index (κ3) is 1.88. The second-order valence-corrected chi connectivity index (χ2v) is 3.57. The minimum absolute atomic E-state index is 0.202. The number of benzene rings is 1. The zero-order valence-electron chi connectivity index (χ0n) is 8.62. The highest BCUT2D eigenvalue weighted by atomic mass is 16.5. The van der Waals surface area contributed by atoms with Crippen LogP contribution in [0, 0.1) is 0 Å². The average molecular weight is 206 g/mol. The molecule has 1 heterocycles. The van der Waals surface area contributed by atoms with Gasteiger partial charge in [-0.15, -0.1) is 0 Å². The van der Waals surface area contributed by atoms with Gasteiger partial charge in [0, 0.05) is 17.8 Å². The Kier molecular flexibility index (Phi) is 2.49. The van der Waals surface area contributed by atoms with Gasteiger partial charge >= 0.3 is 5.97 Å². The van der Waals surface area contributed by atoms with E-state index in [-0.39, 0.29) is 12.0 Å². The molecule has 1 aliphatic rings. The molecule has 0 spiro atoms. The van der Waals surface area contributed by atoms with Crippen molar-refractivity contribution in [2.45, 2.75) is 19.4 Å². The number of hydrogen-bond donors (Lipinski definition) is 2. The highest BCUT2D eigenvalue weighted by Gasteiger charge is 2.27. The first-order valence-corrected chi connectivity index (χ1v) is 5.02. The number of carbonyl (C=O) groups is 1. The number of nitrogen functional groups attached to an aromatic ring is 1. The minimum atomic E-state index is -0.262. The number of nitrogens with two attached hydrogens (primary N) is 1. The summed E-state index contributed by atoms with van der Waals surface area (Å²) in [5, 5.41) is 3.12. The Morgan fingerprint density at radius 3 is 3.20 bits per heavy atom. The number of esters is 1. The van der Waals surface area contributed by atoms with E-state index < -0.39 is 0 Å². The number of carbonyl (C=O) groups excluding carboxylic acids is 1. The third-order valence-corrected chi connectivity index (χ3v) is 2.45. The van der Waals surface area contributed by atoms with Crippen molar-refractivity contribution in [2.24, 2.45) is 0 Å². The number of ether oxygens (including phenoxy) is 1. The van der Waals surface area contributed by atoms with Crippen molar-refractivity contribution in [2.75, 3.05) is 17.7 Å². The summed E-state index contributed by atoms with van der Waals surface area (Å²) in [4.78, 5) is 11.5. The van der Waals surface area contributed by atoms with E-state index in [0.717, 1.165) is 16.9 Å². The zero-order valence-corrected chi connectivity index (χ0v) is 8.62. The van der Waals surface area contributed by atoms with Crippen LogP contribution in [-0.2, 0) is 16.0 Å². The molecular weight excluding hydrogens is 192 g/mol. The number of fused-ring (bicyclic) bond motifs is 1. The smallest absolute Gasteiger partial charge is 0.328 e. The maximum absolute atomic E-state index is 11.5. The van der Waals surface area contributed by atoms with Crippen molar-refractivity contribution < 1.29 is 9.53 Å². The van der Waals surface area contributed by atoms with Gasteiger partial charge in [-0.1, -0.05) is 0 Å². The second kappa shape index (κ2) is 3.81. The fourth-order valence-corrected chi connectivity index (χ4v) is 1.77. The Hall–Kier alpha value is -1.71. The summed E-state index contributed by atoms with van der Waals surface area (Å²) in [5.41, 5.74) is 8.44. The van der Waals surface area contributed by atoms with Crippen LogP contribution in [0.15, 0.2) is 18.2 Å². The summed E-state index contributed by atoms with van der Waals surface area (Å²) in [7, 11) is 0. The van der Waals surface area contributed by atoms with Gasteiger partial charge in [0.15, 0.2) is 0 Å². The van der Waals surface area contributed by atoms with Crippen molar-refractivity contribution in [3.05, 3.63) is 23.8 Å². The van der Waals surface area contributed by atoms with Crippen LogP contribution in [0.1, 0.15) is 12.5 Å². The molecule has 1 aliphatic heterocycles. The SMILES string of the molecule is CCOC(=O)C1Cc2cc(N)ccc2N1. The van der Waals surface area contributed by atoms with E-state index in [1.807, 2.05) is 18.2 Å². The van der Waals surface area contributed by atoms with Crippen molar-refractivity contribution in [3.63, 3.8) is 0 Å². The lowest BCUT2D eigenvalue weighted by molar-refractivity contribution is -0.143. The van der Waals surface area contributed by atoms with Gasteiger partial charge in [-0.2, -0.15) is 0 Å². The second-order valence-electron chi connectivity index (χ2n) is 3.57. The molecule has 0 aromatic heterocycles. The molecule has 2 rings (SSSR count). The van der Waals surface area contributed by atoms with Crippen LogP contribution in [0.4, 0.5) is 11.4 Å². The van der Waals surface area contributed by atoms with Gasteiger partial charge in [0.05, 0.1) is 6.61 Å². The lowest BCUT2D eigenvalue weighted by atomic mass is 10.1. The first-order chi connectivity index (χ1) is 7.20. The van der Waals surface area contributed by atoms with E-state index in [1.165, 1.54) is 0 Å². The molecule has 0 amide bonds. The van der Waals surface area contributed by atoms with Crippen LogP contribution in [0.3, 0.4) is 0 Å². The maximum atomic E-state index is 11.5. The van der Waals surface area contributed by atoms with Crippen LogP contribution in [-0.4, -0.2) is 18.6 Å². The fraction of sp³-hybridized carbons (Fsp3) is 0.364. The van der Waals surface area contributed by atoms with Crippen LogP contribution < -0.4 is 11.1 Å². The van der Waals surface area contributed by atoms with Crippen molar-refractivity contribution in [3.8, 4) is 0 Å². The quantitative estimate of drug-likeness (QED) is 0.563. The highest BCUT2D eigenvalue weighted by Crippen LogP contribution is 2.27. The Labute approximate surface area is 88.4 Å². The molecule has 0 saturated carbocycles. The lowest BCUT2D eigenvalue weighted by Gasteiger charge is -2.09. The normalized spacial score (nSPS) is 18.1. The fourth-order valence-electron chi connectivity index (χ4n) is 1.77. The molecule has 4 nitrogen and oxygen atoms in total. The number of hydrogen-bond acceptors (Lipinski definition) is 4. The van der Waals surface area contributed by atoms with E-state index in [9.17, 15) is 4.79 Å². The van der Waals surface area contributed by atoms with Crippen LogP contribution in [0.5, 0.6) is 0 Å². The van der Waals surface area contributed by atoms with Crippen molar-refractivity contribution in [1.29, 1.82) is 0 Å². The minimum Gasteiger partial charge on any atom is -0.464 e. The van der Waals surface area contributed by atoms with Gasteiger partial charge in [-0.05, 0) is 30.7 Å². The van der Waals surface area contributed by atoms with E-state index in [1.54, 1.807) is 6.92 Å². The summed E-state index contributed by atoms with van der Waals surface area (Å²) in [6, 6.07) is 5.34. The van der Waals surface area contributed by atoms with Crippen molar-refractivity contribution in [1.82, 2.24) is 0 Å². The molecule has 0 saturated heterocycles. The van der Waals surface area contributed by atoms with Crippen LogP contribution in [0.2, 0.25) is 0 Å². The molecule has 1 aromatic rings. The molecule has 1 unspecified atom stereocenters. The maximum Gasteiger partial charge on any atom is 0.328 e. The topological polar surface area (TPSA) is 64.3 Å². The molecule has 1 atom stereocenters. The van der Waals surface area contributed by atoms with E-state index in [0.29, 0.717) is 13.0 Å². The van der Waals surface area contributed by atoms with E-state index >= 15 is 0 Å². The van der Waals surface area contributed by atoms with Gasteiger partial charge in [-0.3, -0.25) is 0 Å². The highest BCUT2D eigenvalue weighted by molar-refractivity contribution is 5.83. The van der Waals surface area contributed by atoms with Gasteiger partial charge in [-0.25, -0.2) is 4.79 Å². The van der Waals surface area contributed by atoms with Gasteiger partial charge in [0.25, 0.3) is 0 Å². The van der Waals surface area contributed by atoms with Gasteiger partial charge < -0.3 is 15.8 Å². The molecule has 1 aromatic carbocycles. The average Bonchev–Trinajstić information content (AvgIpc) is 2.60. The van der Waals surface area contributed by atoms with E-state index in [2.05, 4.69) is 5.32 Å². The van der Waals surface area contributed by atoms with Gasteiger partial charge in [0.2, 0.25) is 0 Å². The van der Waals surface area contributed by atoms with Gasteiger partial charge in [0.1, 0.15) is 6.04 Å². The molecule has 0 aliphatic carbocycles. The summed E-state index contributed by atoms with van der Waals surface area (Å²) in [6.07, 6.45) is 0.652. The predicted molar refractivity (Wildman–Crippen MR) is 58.6 cm³/mol. The summed E-state index contributed by atoms with van der Waals surface area (Å²) in [6.45, 7) is 2.22. The molecule has 0 radical (unpaired) electrons. The third-order valence-electron chi connectivity index (χ3n) is 2.45. The van der Waals surface area contributed by atoms with Crippen molar-refractivity contribution >= 4 is 17.3 Å². The summed E-state index contributed by atoms with van der Waals surface area (Å²) < 4.78 is 4.95. The standard InChI is InChI=1S/C11H14N2O2/c1-2-15-11(14)10-6-7-5-8(12)3-4-9(7)13-10/h3-5,10,13H,2,6,12H2,1H3. The van der Waals surface area contributed by atoms with Crippen LogP contribution in [0.25, 0.3) is 0 Å². The number of rotatable bonds is 2. The lowest BCUT2D eigenvalue weighted by Crippen LogP contribution is -2.28. The number of anilines is 2. The Bertz CT molecular complexity index is 390. The first-order valence-electron chi connectivity index (χ1n) is 5.02. The Balaban J connectivity index is 2.12. The zero-order chi connectivity index (χ0) is 10.8. The molecular formula is C11H14N2O2.